The second kappa shape index (κ2) is 5.34. The number of hydrogen-bond acceptors (Lipinski definition) is 5. The van der Waals surface area contributed by atoms with Gasteiger partial charge in [-0.3, -0.25) is 14.9 Å². The zero-order valence-corrected chi connectivity index (χ0v) is 10.1. The lowest BCUT2D eigenvalue weighted by Crippen LogP contribution is -2.54. The molecule has 20 heavy (non-hydrogen) atoms. The molecule has 1 aromatic heterocycles. The summed E-state index contributed by atoms with van der Waals surface area (Å²) in [5.41, 5.74) is 0.106. The van der Waals surface area contributed by atoms with Crippen LogP contribution in [0.2, 0.25) is 0 Å². The number of amides is 4. The molecule has 0 aromatic carbocycles. The molecule has 0 bridgehead atoms. The molecule has 2 heterocycles. The van der Waals surface area contributed by atoms with Crippen LogP contribution < -0.4 is 10.6 Å². The summed E-state index contributed by atoms with van der Waals surface area (Å²) in [5, 5.41) is 13.2. The van der Waals surface area contributed by atoms with Gasteiger partial charge in [-0.15, -0.1) is 0 Å². The smallest absolute Gasteiger partial charge is 0.354 e. The van der Waals surface area contributed by atoms with Crippen LogP contribution in [0.1, 0.15) is 10.5 Å². The Morgan fingerprint density at radius 2 is 1.90 bits per heavy atom. The molecule has 0 spiro atoms. The van der Waals surface area contributed by atoms with Crippen molar-refractivity contribution in [1.82, 2.24) is 15.2 Å². The van der Waals surface area contributed by atoms with E-state index in [4.69, 9.17) is 5.11 Å². The standard InChI is InChI=1S/C11H10N4O5/c16-8-4-15(5-9(17)14-8)11(20)13-6-1-2-7(10(18)19)12-3-6/h1-3H,4-5H2,(H,13,20)(H,18,19)(H,14,16,17). The summed E-state index contributed by atoms with van der Waals surface area (Å²) < 4.78 is 0. The van der Waals surface area contributed by atoms with Crippen molar-refractivity contribution in [1.29, 1.82) is 0 Å². The van der Waals surface area contributed by atoms with Crippen LogP contribution >= 0.6 is 0 Å². The van der Waals surface area contributed by atoms with E-state index in [0.29, 0.717) is 0 Å². The Bertz CT molecular complexity index is 567. The summed E-state index contributed by atoms with van der Waals surface area (Å²) in [4.78, 5) is 49.3. The fourth-order valence-corrected chi connectivity index (χ4v) is 1.58. The van der Waals surface area contributed by atoms with E-state index < -0.39 is 23.8 Å². The molecule has 9 heteroatoms. The maximum atomic E-state index is 11.8. The van der Waals surface area contributed by atoms with Gasteiger partial charge < -0.3 is 15.3 Å². The number of imide groups is 1. The zero-order valence-electron chi connectivity index (χ0n) is 10.1. The average molecular weight is 278 g/mol. The van der Waals surface area contributed by atoms with Crippen molar-refractivity contribution in [2.45, 2.75) is 0 Å². The quantitative estimate of drug-likeness (QED) is 0.612. The van der Waals surface area contributed by atoms with Gasteiger partial charge in [0.2, 0.25) is 11.8 Å². The van der Waals surface area contributed by atoms with Crippen molar-refractivity contribution in [3.05, 3.63) is 24.0 Å². The first kappa shape index (κ1) is 13.5. The number of piperazine rings is 1. The summed E-state index contributed by atoms with van der Waals surface area (Å²) in [5.74, 6) is -2.30. The van der Waals surface area contributed by atoms with E-state index in [1.54, 1.807) is 0 Å². The van der Waals surface area contributed by atoms with Crippen molar-refractivity contribution in [2.24, 2.45) is 0 Å². The third-order valence-electron chi connectivity index (χ3n) is 2.47. The van der Waals surface area contributed by atoms with Gasteiger partial charge in [-0.1, -0.05) is 0 Å². The van der Waals surface area contributed by atoms with Gasteiger partial charge >= 0.3 is 12.0 Å². The van der Waals surface area contributed by atoms with E-state index in [0.717, 1.165) is 4.90 Å². The second-order valence-corrected chi connectivity index (χ2v) is 3.99. The van der Waals surface area contributed by atoms with Crippen LogP contribution in [0, 0.1) is 0 Å². The fourth-order valence-electron chi connectivity index (χ4n) is 1.58. The lowest BCUT2D eigenvalue weighted by atomic mass is 10.3. The number of carboxylic acids is 1. The van der Waals surface area contributed by atoms with Crippen molar-refractivity contribution in [3.63, 3.8) is 0 Å². The Morgan fingerprint density at radius 1 is 1.25 bits per heavy atom. The van der Waals surface area contributed by atoms with E-state index in [1.165, 1.54) is 18.3 Å². The van der Waals surface area contributed by atoms with Crippen LogP contribution in [0.15, 0.2) is 18.3 Å². The van der Waals surface area contributed by atoms with Crippen molar-refractivity contribution in [3.8, 4) is 0 Å². The van der Waals surface area contributed by atoms with E-state index in [9.17, 15) is 19.2 Å². The number of carbonyl (C=O) groups excluding carboxylic acids is 3. The highest BCUT2D eigenvalue weighted by Crippen LogP contribution is 2.08. The van der Waals surface area contributed by atoms with Gasteiger partial charge in [-0.2, -0.15) is 0 Å². The van der Waals surface area contributed by atoms with Gasteiger partial charge in [0, 0.05) is 0 Å². The van der Waals surface area contributed by atoms with Crippen LogP contribution in [-0.4, -0.2) is 51.9 Å². The molecule has 1 aliphatic rings. The third-order valence-corrected chi connectivity index (χ3v) is 2.47. The van der Waals surface area contributed by atoms with Crippen LogP contribution in [0.25, 0.3) is 0 Å². The predicted octanol–water partition coefficient (Wildman–Crippen LogP) is -0.730. The molecule has 0 unspecified atom stereocenters. The molecule has 2 rings (SSSR count). The Balaban J connectivity index is 2.02. The van der Waals surface area contributed by atoms with Gasteiger partial charge in [0.1, 0.15) is 18.8 Å². The molecule has 4 amide bonds. The number of urea groups is 1. The number of pyridine rings is 1. The Kier molecular flexibility index (Phi) is 3.60. The first-order valence-corrected chi connectivity index (χ1v) is 5.53. The summed E-state index contributed by atoms with van der Waals surface area (Å²) in [6, 6.07) is 1.95. The second-order valence-electron chi connectivity index (χ2n) is 3.99. The van der Waals surface area contributed by atoms with E-state index >= 15 is 0 Å². The summed E-state index contributed by atoms with van der Waals surface area (Å²) >= 11 is 0. The molecule has 1 aromatic rings. The molecule has 1 saturated heterocycles. The van der Waals surface area contributed by atoms with Gasteiger partial charge in [-0.05, 0) is 12.1 Å². The van der Waals surface area contributed by atoms with Gasteiger partial charge in [-0.25, -0.2) is 14.6 Å². The minimum Gasteiger partial charge on any atom is -0.477 e. The normalized spacial score (nSPS) is 14.7. The largest absolute Gasteiger partial charge is 0.477 e. The first-order chi connectivity index (χ1) is 9.45. The molecule has 0 atom stereocenters. The summed E-state index contributed by atoms with van der Waals surface area (Å²) in [6.45, 7) is -0.448. The Labute approximate surface area is 112 Å². The number of rotatable bonds is 2. The lowest BCUT2D eigenvalue weighted by Gasteiger charge is -2.25. The number of anilines is 1. The van der Waals surface area contributed by atoms with Gasteiger partial charge in [0.05, 0.1) is 11.9 Å². The number of nitrogens with one attached hydrogen (secondary N) is 2. The molecular weight excluding hydrogens is 268 g/mol. The molecule has 9 nitrogen and oxygen atoms in total. The number of nitrogens with zero attached hydrogens (tertiary/aromatic N) is 2. The molecule has 3 N–H and O–H groups in total. The van der Waals surface area contributed by atoms with E-state index in [2.05, 4.69) is 15.6 Å². The van der Waals surface area contributed by atoms with Crippen LogP contribution in [0.4, 0.5) is 10.5 Å². The predicted molar refractivity (Wildman–Crippen MR) is 64.9 cm³/mol. The Hall–Kier alpha value is -2.97. The van der Waals surface area contributed by atoms with Crippen LogP contribution in [0.5, 0.6) is 0 Å². The zero-order chi connectivity index (χ0) is 14.7. The average Bonchev–Trinajstić information content (AvgIpc) is 2.38. The number of aromatic nitrogens is 1. The molecule has 104 valence electrons. The molecular formula is C11H10N4O5. The Morgan fingerprint density at radius 3 is 2.40 bits per heavy atom. The maximum Gasteiger partial charge on any atom is 0.354 e. The van der Waals surface area contributed by atoms with Crippen molar-refractivity contribution in [2.75, 3.05) is 18.4 Å². The maximum absolute atomic E-state index is 11.8. The van der Waals surface area contributed by atoms with E-state index in [1.807, 2.05) is 0 Å². The SMILES string of the molecule is O=C1CN(C(=O)Nc2ccc(C(=O)O)nc2)CC(=O)N1. The summed E-state index contributed by atoms with van der Waals surface area (Å²) in [6.07, 6.45) is 1.17. The number of hydrogen-bond donors (Lipinski definition) is 3. The van der Waals surface area contributed by atoms with E-state index in [-0.39, 0.29) is 24.5 Å². The van der Waals surface area contributed by atoms with Gasteiger partial charge in [0.15, 0.2) is 0 Å². The van der Waals surface area contributed by atoms with Crippen molar-refractivity contribution >= 4 is 29.5 Å². The molecule has 0 saturated carbocycles. The highest BCUT2D eigenvalue weighted by atomic mass is 16.4. The molecule has 1 fully saturated rings. The third kappa shape index (κ3) is 3.07. The van der Waals surface area contributed by atoms with Crippen LogP contribution in [-0.2, 0) is 9.59 Å². The topological polar surface area (TPSA) is 129 Å². The molecule has 0 radical (unpaired) electrons. The number of carbonyl (C=O) groups is 4. The minimum absolute atomic E-state index is 0.157. The number of carboxylic acid groups (broad SMARTS) is 1. The first-order valence-electron chi connectivity index (χ1n) is 5.53. The minimum atomic E-state index is -1.18. The van der Waals surface area contributed by atoms with Gasteiger partial charge in [0.25, 0.3) is 0 Å². The lowest BCUT2D eigenvalue weighted by molar-refractivity contribution is -0.134. The fraction of sp³-hybridized carbons (Fsp3) is 0.182. The highest BCUT2D eigenvalue weighted by Gasteiger charge is 2.26. The molecule has 1 aliphatic heterocycles. The van der Waals surface area contributed by atoms with Crippen LogP contribution in [0.3, 0.4) is 0 Å². The summed E-state index contributed by atoms with van der Waals surface area (Å²) in [7, 11) is 0. The van der Waals surface area contributed by atoms with Crippen molar-refractivity contribution < 1.29 is 24.3 Å². The molecule has 0 aliphatic carbocycles. The number of aromatic carboxylic acids is 1. The monoisotopic (exact) mass is 278 g/mol. The highest BCUT2D eigenvalue weighted by molar-refractivity contribution is 6.04.